The van der Waals surface area contributed by atoms with Gasteiger partial charge in [-0.1, -0.05) is 17.7 Å². The number of hydrogen-bond donors (Lipinski definition) is 1. The summed E-state index contributed by atoms with van der Waals surface area (Å²) in [5.74, 6) is 0.727. The topological polar surface area (TPSA) is 49.2 Å². The molecule has 1 aliphatic rings. The number of aromatic nitrogens is 2. The molecular weight excluding hydrogens is 226 g/mol. The zero-order valence-corrected chi connectivity index (χ0v) is 9.69. The summed E-state index contributed by atoms with van der Waals surface area (Å²) >= 11 is 5.94. The molecule has 1 aliphatic carbocycles. The first kappa shape index (κ1) is 11.4. The van der Waals surface area contributed by atoms with Crippen molar-refractivity contribution in [2.24, 2.45) is 0 Å². The second-order valence-electron chi connectivity index (χ2n) is 3.80. The monoisotopic (exact) mass is 239 g/mol. The molecule has 0 saturated heterocycles. The molecule has 0 aliphatic heterocycles. The molecule has 1 heterocycles. The lowest BCUT2D eigenvalue weighted by Crippen LogP contribution is -2.28. The number of aliphatic hydroxyl groups excluding tert-OH is 1. The molecule has 2 rings (SSSR count). The van der Waals surface area contributed by atoms with Crippen molar-refractivity contribution in [2.45, 2.75) is 25.5 Å². The van der Waals surface area contributed by atoms with Crippen LogP contribution in [-0.4, -0.2) is 27.7 Å². The average molecular weight is 240 g/mol. The van der Waals surface area contributed by atoms with Gasteiger partial charge >= 0.3 is 0 Å². The molecule has 0 bridgehead atoms. The van der Waals surface area contributed by atoms with Crippen LogP contribution in [0.25, 0.3) is 0 Å². The molecule has 0 amide bonds. The van der Waals surface area contributed by atoms with Crippen LogP contribution in [0, 0.1) is 0 Å². The molecule has 4 nitrogen and oxygen atoms in total. The summed E-state index contributed by atoms with van der Waals surface area (Å²) < 4.78 is 0. The molecule has 0 unspecified atom stereocenters. The van der Waals surface area contributed by atoms with Crippen LogP contribution in [0.4, 0.5) is 5.82 Å². The summed E-state index contributed by atoms with van der Waals surface area (Å²) in [5.41, 5.74) is 0.595. The molecule has 0 atom stereocenters. The van der Waals surface area contributed by atoms with Gasteiger partial charge in [0.15, 0.2) is 0 Å². The van der Waals surface area contributed by atoms with Crippen molar-refractivity contribution in [1.82, 2.24) is 9.97 Å². The first-order chi connectivity index (χ1) is 7.77. The van der Waals surface area contributed by atoms with E-state index in [0.29, 0.717) is 23.3 Å². The largest absolute Gasteiger partial charge is 0.391 e. The minimum atomic E-state index is -0.143. The Balaban J connectivity index is 2.35. The molecule has 86 valence electrons. The molecule has 1 N–H and O–H groups in total. The highest BCUT2D eigenvalue weighted by Crippen LogP contribution is 2.33. The highest BCUT2D eigenvalue weighted by molar-refractivity contribution is 6.30. The second kappa shape index (κ2) is 4.80. The standard InChI is InChI=1S/C11H14ClN3O/c1-2-5-15(8-3-4-8)11-9(6-16)10(12)13-7-14-11/h2,7-8,16H,1,3-6H2. The summed E-state index contributed by atoms with van der Waals surface area (Å²) in [6, 6.07) is 0.495. The molecular formula is C11H14ClN3O. The first-order valence-electron chi connectivity index (χ1n) is 5.25. The fraction of sp³-hybridized carbons (Fsp3) is 0.455. The SMILES string of the molecule is C=CCN(c1ncnc(Cl)c1CO)C1CC1. The summed E-state index contributed by atoms with van der Waals surface area (Å²) in [5, 5.41) is 9.62. The van der Waals surface area contributed by atoms with Gasteiger partial charge in [-0.15, -0.1) is 6.58 Å². The van der Waals surface area contributed by atoms with Crippen molar-refractivity contribution in [3.63, 3.8) is 0 Å². The first-order valence-corrected chi connectivity index (χ1v) is 5.63. The highest BCUT2D eigenvalue weighted by atomic mass is 35.5. The van der Waals surface area contributed by atoms with E-state index in [0.717, 1.165) is 18.7 Å². The fourth-order valence-corrected chi connectivity index (χ4v) is 1.89. The molecule has 16 heavy (non-hydrogen) atoms. The lowest BCUT2D eigenvalue weighted by molar-refractivity contribution is 0.281. The van der Waals surface area contributed by atoms with Crippen LogP contribution >= 0.6 is 11.6 Å². The summed E-state index contributed by atoms with van der Waals surface area (Å²) in [7, 11) is 0. The predicted octanol–water partition coefficient (Wildman–Crippen LogP) is 1.78. The fourth-order valence-electron chi connectivity index (χ4n) is 1.70. The number of anilines is 1. The predicted molar refractivity (Wildman–Crippen MR) is 63.5 cm³/mol. The van der Waals surface area contributed by atoms with Crippen LogP contribution in [0.5, 0.6) is 0 Å². The molecule has 0 spiro atoms. The normalized spacial score (nSPS) is 14.9. The van der Waals surface area contributed by atoms with Gasteiger partial charge in [-0.3, -0.25) is 0 Å². The highest BCUT2D eigenvalue weighted by Gasteiger charge is 2.31. The lowest BCUT2D eigenvalue weighted by atomic mass is 10.3. The zero-order chi connectivity index (χ0) is 11.5. The minimum absolute atomic E-state index is 0.143. The van der Waals surface area contributed by atoms with Gasteiger partial charge in [0.1, 0.15) is 17.3 Å². The summed E-state index contributed by atoms with van der Waals surface area (Å²) in [4.78, 5) is 10.2. The van der Waals surface area contributed by atoms with Crippen molar-refractivity contribution in [2.75, 3.05) is 11.4 Å². The van der Waals surface area contributed by atoms with Crippen molar-refractivity contribution in [1.29, 1.82) is 0 Å². The van der Waals surface area contributed by atoms with E-state index >= 15 is 0 Å². The van der Waals surface area contributed by atoms with Crippen LogP contribution in [0.3, 0.4) is 0 Å². The Morgan fingerprint density at radius 1 is 1.56 bits per heavy atom. The maximum absolute atomic E-state index is 9.30. The Labute approximate surface area is 99.6 Å². The van der Waals surface area contributed by atoms with Gasteiger partial charge in [0, 0.05) is 12.6 Å². The van der Waals surface area contributed by atoms with E-state index in [1.54, 1.807) is 0 Å². The quantitative estimate of drug-likeness (QED) is 0.629. The molecule has 0 aromatic carbocycles. The third-order valence-electron chi connectivity index (χ3n) is 2.61. The minimum Gasteiger partial charge on any atom is -0.391 e. The van der Waals surface area contributed by atoms with Gasteiger partial charge in [0.2, 0.25) is 0 Å². The summed E-state index contributed by atoms with van der Waals surface area (Å²) in [6.45, 7) is 4.30. The molecule has 0 radical (unpaired) electrons. The van der Waals surface area contributed by atoms with E-state index in [9.17, 15) is 5.11 Å². The Morgan fingerprint density at radius 3 is 2.88 bits per heavy atom. The van der Waals surface area contributed by atoms with Crippen LogP contribution in [0.2, 0.25) is 5.15 Å². The van der Waals surface area contributed by atoms with Gasteiger partial charge < -0.3 is 10.0 Å². The zero-order valence-electron chi connectivity index (χ0n) is 8.93. The van der Waals surface area contributed by atoms with E-state index in [2.05, 4.69) is 21.4 Å². The van der Waals surface area contributed by atoms with E-state index in [1.165, 1.54) is 6.33 Å². The van der Waals surface area contributed by atoms with Gasteiger partial charge in [-0.2, -0.15) is 0 Å². The lowest BCUT2D eigenvalue weighted by Gasteiger charge is -2.23. The summed E-state index contributed by atoms with van der Waals surface area (Å²) in [6.07, 6.45) is 5.56. The van der Waals surface area contributed by atoms with Crippen LogP contribution in [-0.2, 0) is 6.61 Å². The molecule has 5 heteroatoms. The third kappa shape index (κ3) is 2.18. The average Bonchev–Trinajstić information content (AvgIpc) is 3.09. The Bertz CT molecular complexity index is 393. The van der Waals surface area contributed by atoms with Gasteiger partial charge in [0.05, 0.1) is 12.2 Å². The Morgan fingerprint density at radius 2 is 2.31 bits per heavy atom. The van der Waals surface area contributed by atoms with Crippen molar-refractivity contribution in [3.05, 3.63) is 29.7 Å². The number of rotatable bonds is 5. The van der Waals surface area contributed by atoms with E-state index in [-0.39, 0.29) is 6.61 Å². The van der Waals surface area contributed by atoms with Crippen molar-refractivity contribution >= 4 is 17.4 Å². The van der Waals surface area contributed by atoms with Crippen LogP contribution in [0.15, 0.2) is 19.0 Å². The second-order valence-corrected chi connectivity index (χ2v) is 4.15. The van der Waals surface area contributed by atoms with E-state index in [1.807, 2.05) is 6.08 Å². The molecule has 1 aromatic heterocycles. The maximum Gasteiger partial charge on any atom is 0.140 e. The molecule has 1 saturated carbocycles. The number of aliphatic hydroxyl groups is 1. The smallest absolute Gasteiger partial charge is 0.140 e. The maximum atomic E-state index is 9.30. The van der Waals surface area contributed by atoms with E-state index in [4.69, 9.17) is 11.6 Å². The van der Waals surface area contributed by atoms with Crippen molar-refractivity contribution in [3.8, 4) is 0 Å². The molecule has 1 fully saturated rings. The van der Waals surface area contributed by atoms with E-state index < -0.39 is 0 Å². The number of halogens is 1. The third-order valence-corrected chi connectivity index (χ3v) is 2.94. The Kier molecular flexibility index (Phi) is 3.41. The molecule has 1 aromatic rings. The van der Waals surface area contributed by atoms with Gasteiger partial charge in [-0.05, 0) is 12.8 Å². The number of nitrogens with zero attached hydrogens (tertiary/aromatic N) is 3. The number of hydrogen-bond acceptors (Lipinski definition) is 4. The van der Waals surface area contributed by atoms with Gasteiger partial charge in [-0.25, -0.2) is 9.97 Å². The van der Waals surface area contributed by atoms with Crippen molar-refractivity contribution < 1.29 is 5.11 Å². The van der Waals surface area contributed by atoms with Gasteiger partial charge in [0.25, 0.3) is 0 Å². The van der Waals surface area contributed by atoms with Crippen LogP contribution < -0.4 is 4.90 Å². The van der Waals surface area contributed by atoms with Crippen LogP contribution in [0.1, 0.15) is 18.4 Å². The Hall–Kier alpha value is -1.13.